The molecular formula is C25H21F2NO2. The fraction of sp³-hybridized carbons (Fsp3) is 0.160. The molecule has 3 nitrogen and oxygen atoms in total. The highest BCUT2D eigenvalue weighted by Crippen LogP contribution is 2.39. The SMILES string of the molecule is C=CC[C@]1(c2ccccc2)CCN(c2cccc(-c3ccc(F)cc3F)c2)C(=O)O1. The Balaban J connectivity index is 1.62. The van der Waals surface area contributed by atoms with Crippen LogP contribution in [0.1, 0.15) is 18.4 Å². The Kier molecular flexibility index (Phi) is 5.36. The predicted molar refractivity (Wildman–Crippen MR) is 113 cm³/mol. The van der Waals surface area contributed by atoms with Crippen molar-refractivity contribution in [2.75, 3.05) is 11.4 Å². The molecule has 0 saturated carbocycles. The van der Waals surface area contributed by atoms with Gasteiger partial charge in [-0.2, -0.15) is 0 Å². The zero-order valence-corrected chi connectivity index (χ0v) is 16.4. The topological polar surface area (TPSA) is 29.5 Å². The number of cyclic esters (lactones) is 1. The Hall–Kier alpha value is -3.47. The van der Waals surface area contributed by atoms with Crippen molar-refractivity contribution in [2.45, 2.75) is 18.4 Å². The number of carbonyl (C=O) groups is 1. The maximum absolute atomic E-state index is 14.2. The second-order valence-electron chi connectivity index (χ2n) is 7.30. The minimum absolute atomic E-state index is 0.272. The first-order valence-electron chi connectivity index (χ1n) is 9.75. The highest BCUT2D eigenvalue weighted by Gasteiger charge is 2.41. The number of carbonyl (C=O) groups excluding carboxylic acids is 1. The molecule has 0 aromatic heterocycles. The second-order valence-corrected chi connectivity index (χ2v) is 7.30. The maximum Gasteiger partial charge on any atom is 0.415 e. The number of anilines is 1. The molecule has 0 radical (unpaired) electrons. The lowest BCUT2D eigenvalue weighted by atomic mass is 9.86. The van der Waals surface area contributed by atoms with Crippen LogP contribution in [0.5, 0.6) is 0 Å². The van der Waals surface area contributed by atoms with Crippen molar-refractivity contribution in [2.24, 2.45) is 0 Å². The minimum atomic E-state index is -0.753. The molecule has 0 aliphatic carbocycles. The number of benzene rings is 3. The van der Waals surface area contributed by atoms with Crippen molar-refractivity contribution in [1.82, 2.24) is 0 Å². The smallest absolute Gasteiger partial charge is 0.415 e. The van der Waals surface area contributed by atoms with E-state index in [9.17, 15) is 13.6 Å². The molecule has 1 heterocycles. The van der Waals surface area contributed by atoms with Gasteiger partial charge in [-0.25, -0.2) is 13.6 Å². The molecule has 1 saturated heterocycles. The van der Waals surface area contributed by atoms with E-state index >= 15 is 0 Å². The van der Waals surface area contributed by atoms with Gasteiger partial charge in [-0.1, -0.05) is 48.5 Å². The Morgan fingerprint density at radius 3 is 2.53 bits per heavy atom. The number of nitrogens with zero attached hydrogens (tertiary/aromatic N) is 1. The van der Waals surface area contributed by atoms with Gasteiger partial charge in [0.15, 0.2) is 0 Å². The van der Waals surface area contributed by atoms with Crippen molar-refractivity contribution >= 4 is 11.8 Å². The standard InChI is InChI=1S/C25H21F2NO2/c1-2-13-25(19-8-4-3-5-9-19)14-15-28(24(29)30-25)21-10-6-7-18(16-21)22-12-11-20(26)17-23(22)27/h2-12,16-17H,1,13-15H2/t25-/m1/s1. The normalized spacial score (nSPS) is 18.7. The van der Waals surface area contributed by atoms with E-state index in [-0.39, 0.29) is 5.56 Å². The van der Waals surface area contributed by atoms with Crippen LogP contribution >= 0.6 is 0 Å². The predicted octanol–water partition coefficient (Wildman–Crippen LogP) is 6.45. The number of rotatable bonds is 5. The average Bonchev–Trinajstić information content (AvgIpc) is 2.75. The fourth-order valence-corrected chi connectivity index (χ4v) is 3.90. The highest BCUT2D eigenvalue weighted by atomic mass is 19.1. The highest BCUT2D eigenvalue weighted by molar-refractivity contribution is 5.90. The zero-order chi connectivity index (χ0) is 21.1. The van der Waals surface area contributed by atoms with Gasteiger partial charge in [0.2, 0.25) is 0 Å². The summed E-state index contributed by atoms with van der Waals surface area (Å²) >= 11 is 0. The van der Waals surface area contributed by atoms with Crippen LogP contribution in [0.25, 0.3) is 11.1 Å². The van der Waals surface area contributed by atoms with Crippen LogP contribution < -0.4 is 4.90 Å². The first-order valence-corrected chi connectivity index (χ1v) is 9.75. The quantitative estimate of drug-likeness (QED) is 0.457. The van der Waals surface area contributed by atoms with Gasteiger partial charge in [-0.05, 0) is 35.4 Å². The fourth-order valence-electron chi connectivity index (χ4n) is 3.90. The van der Waals surface area contributed by atoms with Crippen LogP contribution in [0, 0.1) is 11.6 Å². The summed E-state index contributed by atoms with van der Waals surface area (Å²) in [6, 6.07) is 20.0. The summed E-state index contributed by atoms with van der Waals surface area (Å²) in [5.41, 5.74) is 1.61. The summed E-state index contributed by atoms with van der Waals surface area (Å²) in [6.45, 7) is 4.26. The van der Waals surface area contributed by atoms with Gasteiger partial charge in [0.1, 0.15) is 17.2 Å². The summed E-state index contributed by atoms with van der Waals surface area (Å²) in [5.74, 6) is -1.28. The van der Waals surface area contributed by atoms with Crippen LogP contribution in [-0.2, 0) is 10.3 Å². The van der Waals surface area contributed by atoms with Crippen molar-refractivity contribution in [1.29, 1.82) is 0 Å². The Morgan fingerprint density at radius 1 is 1.03 bits per heavy atom. The lowest BCUT2D eigenvalue weighted by Crippen LogP contribution is -2.48. The van der Waals surface area contributed by atoms with E-state index in [2.05, 4.69) is 6.58 Å². The summed E-state index contributed by atoms with van der Waals surface area (Å²) in [5, 5.41) is 0. The largest absolute Gasteiger partial charge is 0.437 e. The molecule has 1 fully saturated rings. The molecule has 1 aliphatic rings. The number of halogens is 2. The van der Waals surface area contributed by atoms with Crippen molar-refractivity contribution in [3.63, 3.8) is 0 Å². The molecule has 30 heavy (non-hydrogen) atoms. The third-order valence-electron chi connectivity index (χ3n) is 5.42. The number of hydrogen-bond donors (Lipinski definition) is 0. The van der Waals surface area contributed by atoms with E-state index in [1.807, 2.05) is 30.3 Å². The second kappa shape index (κ2) is 8.11. The molecule has 1 amide bonds. The first-order chi connectivity index (χ1) is 14.5. The molecule has 152 valence electrons. The summed E-state index contributed by atoms with van der Waals surface area (Å²) < 4.78 is 33.4. The van der Waals surface area contributed by atoms with Crippen molar-refractivity contribution < 1.29 is 18.3 Å². The molecule has 0 spiro atoms. The monoisotopic (exact) mass is 405 g/mol. The molecule has 4 rings (SSSR count). The van der Waals surface area contributed by atoms with Crippen LogP contribution in [0.4, 0.5) is 19.3 Å². The number of amides is 1. The Labute approximate surface area is 174 Å². The third-order valence-corrected chi connectivity index (χ3v) is 5.42. The van der Waals surface area contributed by atoms with E-state index in [0.717, 1.165) is 11.6 Å². The van der Waals surface area contributed by atoms with Crippen LogP contribution in [0.15, 0.2) is 85.5 Å². The molecule has 0 N–H and O–H groups in total. The van der Waals surface area contributed by atoms with Gasteiger partial charge in [0.05, 0.1) is 0 Å². The zero-order valence-electron chi connectivity index (χ0n) is 16.4. The van der Waals surface area contributed by atoms with Gasteiger partial charge >= 0.3 is 6.09 Å². The Morgan fingerprint density at radius 2 is 1.83 bits per heavy atom. The summed E-state index contributed by atoms with van der Waals surface area (Å²) in [7, 11) is 0. The molecule has 0 bridgehead atoms. The van der Waals surface area contributed by atoms with E-state index in [0.29, 0.717) is 30.6 Å². The maximum atomic E-state index is 14.2. The van der Waals surface area contributed by atoms with Crippen LogP contribution in [0.3, 0.4) is 0 Å². The lowest BCUT2D eigenvalue weighted by molar-refractivity contribution is -0.00681. The lowest BCUT2D eigenvalue weighted by Gasteiger charge is -2.41. The summed E-state index contributed by atoms with van der Waals surface area (Å²) in [6.07, 6.45) is 2.39. The van der Waals surface area contributed by atoms with E-state index < -0.39 is 23.3 Å². The third kappa shape index (κ3) is 3.71. The van der Waals surface area contributed by atoms with E-state index in [1.165, 1.54) is 17.0 Å². The molecule has 1 aliphatic heterocycles. The minimum Gasteiger partial charge on any atom is -0.437 e. The average molecular weight is 405 g/mol. The van der Waals surface area contributed by atoms with Crippen LogP contribution in [-0.4, -0.2) is 12.6 Å². The number of hydrogen-bond acceptors (Lipinski definition) is 2. The van der Waals surface area contributed by atoms with Crippen molar-refractivity contribution in [3.05, 3.63) is 103 Å². The van der Waals surface area contributed by atoms with Gasteiger partial charge in [-0.3, -0.25) is 4.90 Å². The van der Waals surface area contributed by atoms with E-state index in [4.69, 9.17) is 4.74 Å². The molecule has 1 atom stereocenters. The Bertz CT molecular complexity index is 1080. The van der Waals surface area contributed by atoms with Gasteiger partial charge in [0.25, 0.3) is 0 Å². The van der Waals surface area contributed by atoms with Crippen LogP contribution in [0.2, 0.25) is 0 Å². The molecular weight excluding hydrogens is 384 g/mol. The molecule has 0 unspecified atom stereocenters. The molecule has 3 aromatic carbocycles. The van der Waals surface area contributed by atoms with Crippen molar-refractivity contribution in [3.8, 4) is 11.1 Å². The summed E-state index contributed by atoms with van der Waals surface area (Å²) in [4.78, 5) is 14.5. The van der Waals surface area contributed by atoms with Gasteiger partial charge in [-0.15, -0.1) is 6.58 Å². The molecule has 5 heteroatoms. The molecule has 3 aromatic rings. The van der Waals surface area contributed by atoms with E-state index in [1.54, 1.807) is 30.3 Å². The van der Waals surface area contributed by atoms with Gasteiger partial charge < -0.3 is 4.74 Å². The first kappa shape index (κ1) is 19.8. The number of ether oxygens (including phenoxy) is 1. The van der Waals surface area contributed by atoms with Gasteiger partial charge in [0, 0.05) is 36.7 Å².